The summed E-state index contributed by atoms with van der Waals surface area (Å²) in [6.07, 6.45) is 0. The van der Waals surface area contributed by atoms with Crippen LogP contribution < -0.4 is 0 Å². The molecular formula is C16H15FN2S. The maximum atomic E-state index is 12.8. The van der Waals surface area contributed by atoms with E-state index >= 15 is 0 Å². The molecule has 0 aliphatic heterocycles. The molecule has 4 heteroatoms. The fraction of sp³-hybridized carbons (Fsp3) is 0.188. The van der Waals surface area contributed by atoms with Crippen LogP contribution in [-0.4, -0.2) is 9.97 Å². The van der Waals surface area contributed by atoms with Gasteiger partial charge in [0.25, 0.3) is 0 Å². The van der Waals surface area contributed by atoms with Crippen molar-refractivity contribution in [3.8, 4) is 0 Å². The quantitative estimate of drug-likeness (QED) is 0.712. The van der Waals surface area contributed by atoms with Gasteiger partial charge in [0.15, 0.2) is 5.16 Å². The van der Waals surface area contributed by atoms with E-state index in [1.165, 1.54) is 23.3 Å². The molecule has 3 aromatic rings. The zero-order valence-corrected chi connectivity index (χ0v) is 12.2. The zero-order valence-electron chi connectivity index (χ0n) is 11.4. The van der Waals surface area contributed by atoms with Crippen LogP contribution in [0.1, 0.15) is 16.7 Å². The lowest BCUT2D eigenvalue weighted by Gasteiger charge is -1.98. The number of H-pyrrole nitrogens is 1. The average Bonchev–Trinajstić information content (AvgIpc) is 2.80. The van der Waals surface area contributed by atoms with Crippen molar-refractivity contribution < 1.29 is 4.39 Å². The Kier molecular flexibility index (Phi) is 3.49. The number of aromatic nitrogens is 2. The Bertz CT molecular complexity index is 708. The van der Waals surface area contributed by atoms with Crippen LogP contribution in [-0.2, 0) is 5.75 Å². The van der Waals surface area contributed by atoms with Crippen molar-refractivity contribution in [2.24, 2.45) is 0 Å². The molecule has 2 nitrogen and oxygen atoms in total. The van der Waals surface area contributed by atoms with E-state index in [-0.39, 0.29) is 5.82 Å². The van der Waals surface area contributed by atoms with Crippen LogP contribution in [0.15, 0.2) is 41.6 Å². The molecule has 0 bridgehead atoms. The third-order valence-corrected chi connectivity index (χ3v) is 4.31. The van der Waals surface area contributed by atoms with Crippen molar-refractivity contribution in [3.05, 3.63) is 58.9 Å². The predicted octanol–water partition coefficient (Wildman–Crippen LogP) is 4.61. The first-order valence-electron chi connectivity index (χ1n) is 6.46. The van der Waals surface area contributed by atoms with E-state index in [1.807, 2.05) is 0 Å². The Balaban J connectivity index is 1.79. The maximum absolute atomic E-state index is 12.8. The molecule has 0 saturated carbocycles. The summed E-state index contributed by atoms with van der Waals surface area (Å²) in [7, 11) is 0. The molecule has 0 amide bonds. The molecule has 0 unspecified atom stereocenters. The minimum atomic E-state index is -0.201. The van der Waals surface area contributed by atoms with Gasteiger partial charge in [0.05, 0.1) is 11.0 Å². The number of hydrogen-bond donors (Lipinski definition) is 1. The molecule has 0 fully saturated rings. The second-order valence-corrected chi connectivity index (χ2v) is 5.87. The fourth-order valence-electron chi connectivity index (χ4n) is 2.05. The van der Waals surface area contributed by atoms with E-state index in [1.54, 1.807) is 23.9 Å². The van der Waals surface area contributed by atoms with Gasteiger partial charge in [0.1, 0.15) is 5.82 Å². The number of nitrogens with one attached hydrogen (secondary N) is 1. The predicted molar refractivity (Wildman–Crippen MR) is 81.5 cm³/mol. The van der Waals surface area contributed by atoms with Crippen LogP contribution in [0.4, 0.5) is 4.39 Å². The van der Waals surface area contributed by atoms with Gasteiger partial charge in [-0.25, -0.2) is 9.37 Å². The van der Waals surface area contributed by atoms with Crippen molar-refractivity contribution in [3.63, 3.8) is 0 Å². The third kappa shape index (κ3) is 2.70. The van der Waals surface area contributed by atoms with Gasteiger partial charge >= 0.3 is 0 Å². The molecule has 3 rings (SSSR count). The molecule has 0 aliphatic carbocycles. The SMILES string of the molecule is Cc1cc2nc(SCc3ccc(F)cc3)[nH]c2cc1C. The molecular weight excluding hydrogens is 271 g/mol. The number of rotatable bonds is 3. The number of imidazole rings is 1. The topological polar surface area (TPSA) is 28.7 Å². The average molecular weight is 286 g/mol. The molecule has 0 aliphatic rings. The van der Waals surface area contributed by atoms with Crippen LogP contribution in [0.25, 0.3) is 11.0 Å². The summed E-state index contributed by atoms with van der Waals surface area (Å²) in [5.74, 6) is 0.575. The molecule has 102 valence electrons. The highest BCUT2D eigenvalue weighted by Gasteiger charge is 2.05. The smallest absolute Gasteiger partial charge is 0.166 e. The summed E-state index contributed by atoms with van der Waals surface area (Å²) >= 11 is 1.63. The normalized spacial score (nSPS) is 11.2. The lowest BCUT2D eigenvalue weighted by Crippen LogP contribution is -1.82. The lowest BCUT2D eigenvalue weighted by molar-refractivity contribution is 0.627. The van der Waals surface area contributed by atoms with Crippen molar-refractivity contribution >= 4 is 22.8 Å². The number of aryl methyl sites for hydroxylation is 2. The number of nitrogens with zero attached hydrogens (tertiary/aromatic N) is 1. The molecule has 20 heavy (non-hydrogen) atoms. The van der Waals surface area contributed by atoms with Crippen molar-refractivity contribution in [2.45, 2.75) is 24.8 Å². The van der Waals surface area contributed by atoms with Gasteiger partial charge in [-0.05, 0) is 54.8 Å². The summed E-state index contributed by atoms with van der Waals surface area (Å²) < 4.78 is 12.8. The van der Waals surface area contributed by atoms with E-state index in [2.05, 4.69) is 35.9 Å². The number of hydrogen-bond acceptors (Lipinski definition) is 2. The fourth-order valence-corrected chi connectivity index (χ4v) is 2.89. The summed E-state index contributed by atoms with van der Waals surface area (Å²) in [5.41, 5.74) is 5.66. The van der Waals surface area contributed by atoms with Gasteiger partial charge in [-0.3, -0.25) is 0 Å². The Hall–Kier alpha value is -1.81. The van der Waals surface area contributed by atoms with E-state index in [9.17, 15) is 4.39 Å². The first kappa shape index (κ1) is 13.2. The molecule has 1 N–H and O–H groups in total. The second kappa shape index (κ2) is 5.29. The van der Waals surface area contributed by atoms with Gasteiger partial charge in [0, 0.05) is 5.75 Å². The number of aromatic amines is 1. The largest absolute Gasteiger partial charge is 0.333 e. The van der Waals surface area contributed by atoms with Crippen LogP contribution in [0.3, 0.4) is 0 Å². The number of thioether (sulfide) groups is 1. The van der Waals surface area contributed by atoms with Crippen LogP contribution in [0.5, 0.6) is 0 Å². The molecule has 1 aromatic heterocycles. The maximum Gasteiger partial charge on any atom is 0.166 e. The summed E-state index contributed by atoms with van der Waals surface area (Å²) in [5, 5.41) is 0.898. The summed E-state index contributed by atoms with van der Waals surface area (Å²) in [6, 6.07) is 10.8. The van der Waals surface area contributed by atoms with Crippen molar-refractivity contribution in [1.29, 1.82) is 0 Å². The second-order valence-electron chi connectivity index (χ2n) is 4.91. The Morgan fingerprint density at radius 2 is 1.80 bits per heavy atom. The first-order chi connectivity index (χ1) is 9.61. The summed E-state index contributed by atoms with van der Waals surface area (Å²) in [6.45, 7) is 4.19. The molecule has 1 heterocycles. The van der Waals surface area contributed by atoms with Gasteiger partial charge < -0.3 is 4.98 Å². The highest BCUT2D eigenvalue weighted by atomic mass is 32.2. The van der Waals surface area contributed by atoms with Gasteiger partial charge in [-0.15, -0.1) is 0 Å². The molecule has 0 saturated heterocycles. The van der Waals surface area contributed by atoms with Crippen LogP contribution in [0.2, 0.25) is 0 Å². The van der Waals surface area contributed by atoms with Crippen molar-refractivity contribution in [2.75, 3.05) is 0 Å². The van der Waals surface area contributed by atoms with E-state index in [4.69, 9.17) is 0 Å². The first-order valence-corrected chi connectivity index (χ1v) is 7.44. The minimum Gasteiger partial charge on any atom is -0.333 e. The standard InChI is InChI=1S/C16H15FN2S/c1-10-7-14-15(8-11(10)2)19-16(18-14)20-9-12-3-5-13(17)6-4-12/h3-8H,9H2,1-2H3,(H,18,19). The zero-order chi connectivity index (χ0) is 14.1. The molecule has 0 radical (unpaired) electrons. The third-order valence-electron chi connectivity index (χ3n) is 3.36. The Morgan fingerprint density at radius 3 is 2.55 bits per heavy atom. The number of benzene rings is 2. The Labute approximate surface area is 121 Å². The monoisotopic (exact) mass is 286 g/mol. The van der Waals surface area contributed by atoms with Gasteiger partial charge in [-0.2, -0.15) is 0 Å². The highest BCUT2D eigenvalue weighted by molar-refractivity contribution is 7.98. The van der Waals surface area contributed by atoms with Crippen molar-refractivity contribution in [1.82, 2.24) is 9.97 Å². The van der Waals surface area contributed by atoms with E-state index in [0.717, 1.165) is 27.5 Å². The number of fused-ring (bicyclic) bond motifs is 1. The highest BCUT2D eigenvalue weighted by Crippen LogP contribution is 2.24. The summed E-state index contributed by atoms with van der Waals surface area (Å²) in [4.78, 5) is 7.90. The lowest BCUT2D eigenvalue weighted by atomic mass is 10.1. The molecule has 0 spiro atoms. The van der Waals surface area contributed by atoms with Crippen LogP contribution in [0, 0.1) is 19.7 Å². The molecule has 0 atom stereocenters. The van der Waals surface area contributed by atoms with Crippen LogP contribution >= 0.6 is 11.8 Å². The van der Waals surface area contributed by atoms with Gasteiger partial charge in [-0.1, -0.05) is 23.9 Å². The van der Waals surface area contributed by atoms with E-state index in [0.29, 0.717) is 0 Å². The Morgan fingerprint density at radius 1 is 1.10 bits per heavy atom. The molecule has 2 aromatic carbocycles. The minimum absolute atomic E-state index is 0.201. The number of halogens is 1. The van der Waals surface area contributed by atoms with E-state index < -0.39 is 0 Å². The van der Waals surface area contributed by atoms with Gasteiger partial charge in [0.2, 0.25) is 0 Å².